The Morgan fingerprint density at radius 3 is 1.55 bits per heavy atom. The lowest BCUT2D eigenvalue weighted by atomic mass is 9.99. The Hall–Kier alpha value is -1.85. The van der Waals surface area contributed by atoms with Crippen molar-refractivity contribution in [2.75, 3.05) is 13.2 Å². The molecule has 1 amide bonds. The molecule has 9 heteroatoms. The summed E-state index contributed by atoms with van der Waals surface area (Å²) in [5, 5.41) is 53.9. The number of hydrogen-bond donors (Lipinski definition) is 6. The van der Waals surface area contributed by atoms with Gasteiger partial charge in [-0.05, 0) is 64.2 Å². The molecule has 9 nitrogen and oxygen atoms in total. The molecule has 1 saturated heterocycles. The Labute approximate surface area is 335 Å². The van der Waals surface area contributed by atoms with Gasteiger partial charge in [0.1, 0.15) is 24.4 Å². The van der Waals surface area contributed by atoms with Gasteiger partial charge >= 0.3 is 0 Å². The highest BCUT2D eigenvalue weighted by molar-refractivity contribution is 5.76. The number of amides is 1. The lowest BCUT2D eigenvalue weighted by molar-refractivity contribution is -0.302. The SMILES string of the molecule is CCCCCC/C=C\CCCC(=O)NC(COC1OC(CO)C(O)C(O)C1O)C(O)/C=C/CC/C=C/CC/C=C/CCCCCCCCCCCCCCC. The third-order valence-corrected chi connectivity index (χ3v) is 10.4. The van der Waals surface area contributed by atoms with E-state index in [1.807, 2.05) is 6.08 Å². The Morgan fingerprint density at radius 1 is 0.600 bits per heavy atom. The van der Waals surface area contributed by atoms with Gasteiger partial charge in [-0.15, -0.1) is 0 Å². The average molecular weight is 778 g/mol. The van der Waals surface area contributed by atoms with Gasteiger partial charge in [0, 0.05) is 6.42 Å². The van der Waals surface area contributed by atoms with Gasteiger partial charge in [-0.2, -0.15) is 0 Å². The third-order valence-electron chi connectivity index (χ3n) is 10.4. The van der Waals surface area contributed by atoms with Gasteiger partial charge in [0.05, 0.1) is 25.4 Å². The van der Waals surface area contributed by atoms with Crippen molar-refractivity contribution >= 4 is 5.91 Å². The van der Waals surface area contributed by atoms with Crippen LogP contribution in [-0.2, 0) is 14.3 Å². The summed E-state index contributed by atoms with van der Waals surface area (Å²) in [7, 11) is 0. The zero-order valence-corrected chi connectivity index (χ0v) is 34.9. The molecule has 1 rings (SSSR count). The number of nitrogens with one attached hydrogen (secondary N) is 1. The first kappa shape index (κ1) is 51.2. The molecule has 6 N–H and O–H groups in total. The summed E-state index contributed by atoms with van der Waals surface area (Å²) in [5.41, 5.74) is 0. The maximum atomic E-state index is 12.8. The van der Waals surface area contributed by atoms with E-state index < -0.39 is 49.5 Å². The van der Waals surface area contributed by atoms with Crippen LogP contribution in [0.5, 0.6) is 0 Å². The first-order valence-corrected chi connectivity index (χ1v) is 22.4. The smallest absolute Gasteiger partial charge is 0.220 e. The highest BCUT2D eigenvalue weighted by Crippen LogP contribution is 2.22. The topological polar surface area (TPSA) is 149 Å². The van der Waals surface area contributed by atoms with Gasteiger partial charge in [0.2, 0.25) is 5.91 Å². The average Bonchev–Trinajstić information content (AvgIpc) is 3.18. The van der Waals surface area contributed by atoms with Crippen LogP contribution in [0.3, 0.4) is 0 Å². The van der Waals surface area contributed by atoms with Crippen molar-refractivity contribution in [3.8, 4) is 0 Å². The van der Waals surface area contributed by atoms with E-state index in [1.54, 1.807) is 6.08 Å². The monoisotopic (exact) mass is 778 g/mol. The van der Waals surface area contributed by atoms with E-state index in [2.05, 4.69) is 55.6 Å². The highest BCUT2D eigenvalue weighted by Gasteiger charge is 2.44. The molecule has 320 valence electrons. The Morgan fingerprint density at radius 2 is 1.04 bits per heavy atom. The van der Waals surface area contributed by atoms with Crippen LogP contribution in [0.25, 0.3) is 0 Å². The van der Waals surface area contributed by atoms with Crippen LogP contribution in [0.2, 0.25) is 0 Å². The molecule has 7 atom stereocenters. The number of rotatable bonds is 36. The summed E-state index contributed by atoms with van der Waals surface area (Å²) in [6, 6.07) is -0.840. The molecule has 1 aliphatic rings. The van der Waals surface area contributed by atoms with Gasteiger partial charge in [-0.25, -0.2) is 0 Å². The predicted molar refractivity (Wildman–Crippen MR) is 226 cm³/mol. The number of unbranched alkanes of at least 4 members (excludes halogenated alkanes) is 20. The molecule has 0 aromatic carbocycles. The third kappa shape index (κ3) is 27.4. The zero-order chi connectivity index (χ0) is 40.2. The molecule has 0 spiro atoms. The standard InChI is InChI=1S/C46H83NO8/c1-3-5-7-9-11-13-14-15-16-17-18-19-20-21-22-23-24-25-26-28-29-31-33-35-40(49)39(38-54-46-45(53)44(52)43(51)41(37-48)55-46)47-42(50)36-34-32-30-27-12-10-8-6-4-2/h22-23,26-28,30,33,35,39-41,43-46,48-49,51-53H,3-21,24-25,29,31-32,34,36-38H2,1-2H3,(H,47,50)/b23-22+,28-26+,30-27-,35-33+. The summed E-state index contributed by atoms with van der Waals surface area (Å²) in [5.74, 6) is -0.229. The Kier molecular flexibility index (Phi) is 33.9. The number of carbonyl (C=O) groups is 1. The number of hydrogen-bond acceptors (Lipinski definition) is 8. The van der Waals surface area contributed by atoms with Gasteiger partial charge in [0.25, 0.3) is 0 Å². The maximum absolute atomic E-state index is 12.8. The molecule has 0 saturated carbocycles. The maximum Gasteiger partial charge on any atom is 0.220 e. The molecule has 0 radical (unpaired) electrons. The minimum absolute atomic E-state index is 0.218. The summed E-state index contributed by atoms with van der Waals surface area (Å²) in [6.07, 6.45) is 39.0. The molecule has 55 heavy (non-hydrogen) atoms. The van der Waals surface area contributed by atoms with Gasteiger partial charge < -0.3 is 40.3 Å². The molecule has 0 bridgehead atoms. The van der Waals surface area contributed by atoms with Crippen LogP contribution in [0.15, 0.2) is 48.6 Å². The minimum atomic E-state index is -1.58. The lowest BCUT2D eigenvalue weighted by Gasteiger charge is -2.40. The fourth-order valence-electron chi connectivity index (χ4n) is 6.72. The van der Waals surface area contributed by atoms with E-state index in [-0.39, 0.29) is 18.9 Å². The largest absolute Gasteiger partial charge is 0.394 e. The second-order valence-electron chi connectivity index (χ2n) is 15.5. The van der Waals surface area contributed by atoms with Crippen LogP contribution in [-0.4, -0.2) is 87.5 Å². The van der Waals surface area contributed by atoms with Crippen LogP contribution in [0, 0.1) is 0 Å². The van der Waals surface area contributed by atoms with Crippen molar-refractivity contribution in [2.24, 2.45) is 0 Å². The van der Waals surface area contributed by atoms with E-state index in [0.717, 1.165) is 38.5 Å². The predicted octanol–water partition coefficient (Wildman–Crippen LogP) is 9.06. The van der Waals surface area contributed by atoms with Crippen molar-refractivity contribution in [3.05, 3.63) is 48.6 Å². The number of aliphatic hydroxyl groups excluding tert-OH is 5. The lowest BCUT2D eigenvalue weighted by Crippen LogP contribution is -2.60. The molecule has 0 aromatic rings. The van der Waals surface area contributed by atoms with E-state index in [4.69, 9.17) is 9.47 Å². The van der Waals surface area contributed by atoms with Crippen LogP contribution < -0.4 is 5.32 Å². The van der Waals surface area contributed by atoms with E-state index >= 15 is 0 Å². The number of carbonyl (C=O) groups excluding carboxylic acids is 1. The fraction of sp³-hybridized carbons (Fsp3) is 0.804. The van der Waals surface area contributed by atoms with E-state index in [0.29, 0.717) is 6.42 Å². The van der Waals surface area contributed by atoms with Crippen molar-refractivity contribution in [1.82, 2.24) is 5.32 Å². The molecule has 1 heterocycles. The fourth-order valence-corrected chi connectivity index (χ4v) is 6.72. The number of aliphatic hydroxyl groups is 5. The van der Waals surface area contributed by atoms with Gasteiger partial charge in [0.15, 0.2) is 6.29 Å². The van der Waals surface area contributed by atoms with Crippen LogP contribution >= 0.6 is 0 Å². The van der Waals surface area contributed by atoms with Crippen molar-refractivity contribution in [2.45, 2.75) is 224 Å². The van der Waals surface area contributed by atoms with Crippen molar-refractivity contribution in [1.29, 1.82) is 0 Å². The van der Waals surface area contributed by atoms with Crippen LogP contribution in [0.1, 0.15) is 181 Å². The summed E-state index contributed by atoms with van der Waals surface area (Å²) >= 11 is 0. The molecule has 1 fully saturated rings. The molecular weight excluding hydrogens is 695 g/mol. The molecular formula is C46H83NO8. The molecule has 0 aromatic heterocycles. The minimum Gasteiger partial charge on any atom is -0.394 e. The van der Waals surface area contributed by atoms with Crippen molar-refractivity contribution in [3.63, 3.8) is 0 Å². The van der Waals surface area contributed by atoms with E-state index in [1.165, 1.54) is 116 Å². The molecule has 1 aliphatic heterocycles. The second kappa shape index (κ2) is 36.5. The summed E-state index contributed by atoms with van der Waals surface area (Å²) in [4.78, 5) is 12.8. The zero-order valence-electron chi connectivity index (χ0n) is 34.9. The summed E-state index contributed by atoms with van der Waals surface area (Å²) in [6.45, 7) is 3.68. The Bertz CT molecular complexity index is 998. The quantitative estimate of drug-likeness (QED) is 0.0273. The molecule has 0 aliphatic carbocycles. The first-order chi connectivity index (χ1) is 26.8. The Balaban J connectivity index is 2.36. The first-order valence-electron chi connectivity index (χ1n) is 22.4. The molecule has 7 unspecified atom stereocenters. The van der Waals surface area contributed by atoms with Crippen LogP contribution in [0.4, 0.5) is 0 Å². The van der Waals surface area contributed by atoms with Gasteiger partial charge in [-0.3, -0.25) is 4.79 Å². The van der Waals surface area contributed by atoms with Crippen molar-refractivity contribution < 1.29 is 39.8 Å². The normalized spacial score (nSPS) is 21.8. The second-order valence-corrected chi connectivity index (χ2v) is 15.5. The highest BCUT2D eigenvalue weighted by atomic mass is 16.7. The summed E-state index contributed by atoms with van der Waals surface area (Å²) < 4.78 is 11.1. The number of allylic oxidation sites excluding steroid dienone is 7. The number of ether oxygens (including phenoxy) is 2. The van der Waals surface area contributed by atoms with E-state index in [9.17, 15) is 30.3 Å². The van der Waals surface area contributed by atoms with Gasteiger partial charge in [-0.1, -0.05) is 159 Å².